The van der Waals surface area contributed by atoms with Gasteiger partial charge in [-0.25, -0.2) is 0 Å². The Labute approximate surface area is 116 Å². The monoisotopic (exact) mass is 253 g/mol. The van der Waals surface area contributed by atoms with Crippen molar-refractivity contribution < 1.29 is 0 Å². The summed E-state index contributed by atoms with van der Waals surface area (Å²) in [4.78, 5) is 0. The fourth-order valence-corrected chi connectivity index (χ4v) is 2.16. The summed E-state index contributed by atoms with van der Waals surface area (Å²) in [6.45, 7) is 6.42. The van der Waals surface area contributed by atoms with Gasteiger partial charge in [0, 0.05) is 6.54 Å². The maximum atomic E-state index is 3.43. The van der Waals surface area contributed by atoms with Crippen LogP contribution in [0.3, 0.4) is 0 Å². The summed E-state index contributed by atoms with van der Waals surface area (Å²) in [7, 11) is 0. The third-order valence-corrected chi connectivity index (χ3v) is 3.41. The summed E-state index contributed by atoms with van der Waals surface area (Å²) in [6.07, 6.45) is 2.28. The molecule has 2 aromatic carbocycles. The maximum absolute atomic E-state index is 3.43. The number of nitrogens with one attached hydrogen (secondary N) is 1. The molecular weight excluding hydrogens is 230 g/mol. The van der Waals surface area contributed by atoms with Crippen LogP contribution < -0.4 is 5.32 Å². The third-order valence-electron chi connectivity index (χ3n) is 3.41. The van der Waals surface area contributed by atoms with E-state index in [1.54, 1.807) is 0 Å². The topological polar surface area (TPSA) is 12.0 Å². The quantitative estimate of drug-likeness (QED) is 0.752. The van der Waals surface area contributed by atoms with E-state index in [0.29, 0.717) is 0 Å². The number of benzene rings is 2. The standard InChI is InChI=1S/C18H23N/c1-3-13-19-14-16-7-11-18(12-8-16)17-9-5-15(4-2)6-10-17/h5-12,19H,3-4,13-14H2,1-2H3. The summed E-state index contributed by atoms with van der Waals surface area (Å²) in [5.74, 6) is 0. The largest absolute Gasteiger partial charge is 0.313 e. The Hall–Kier alpha value is -1.60. The van der Waals surface area contributed by atoms with E-state index in [9.17, 15) is 0 Å². The van der Waals surface area contributed by atoms with Gasteiger partial charge in [-0.15, -0.1) is 0 Å². The molecule has 0 unspecified atom stereocenters. The van der Waals surface area contributed by atoms with E-state index in [1.807, 2.05) is 0 Å². The highest BCUT2D eigenvalue weighted by molar-refractivity contribution is 5.63. The lowest BCUT2D eigenvalue weighted by Crippen LogP contribution is -2.13. The molecule has 0 heterocycles. The van der Waals surface area contributed by atoms with Gasteiger partial charge in [0.25, 0.3) is 0 Å². The molecule has 0 atom stereocenters. The first-order valence-electron chi connectivity index (χ1n) is 7.22. The maximum Gasteiger partial charge on any atom is 0.0205 e. The predicted molar refractivity (Wildman–Crippen MR) is 83.3 cm³/mol. The van der Waals surface area contributed by atoms with Crippen LogP contribution in [0.1, 0.15) is 31.4 Å². The van der Waals surface area contributed by atoms with Crippen LogP contribution in [-0.2, 0) is 13.0 Å². The summed E-state index contributed by atoms with van der Waals surface area (Å²) in [5, 5.41) is 3.43. The highest BCUT2D eigenvalue weighted by Crippen LogP contribution is 2.20. The Morgan fingerprint density at radius 1 is 0.737 bits per heavy atom. The van der Waals surface area contributed by atoms with Gasteiger partial charge in [-0.2, -0.15) is 0 Å². The van der Waals surface area contributed by atoms with Crippen LogP contribution in [0.2, 0.25) is 0 Å². The first-order valence-corrected chi connectivity index (χ1v) is 7.22. The Morgan fingerprint density at radius 3 is 1.74 bits per heavy atom. The molecule has 0 aliphatic carbocycles. The summed E-state index contributed by atoms with van der Waals surface area (Å²) >= 11 is 0. The Morgan fingerprint density at radius 2 is 1.26 bits per heavy atom. The van der Waals surface area contributed by atoms with E-state index in [4.69, 9.17) is 0 Å². The molecule has 0 bridgehead atoms. The van der Waals surface area contributed by atoms with Crippen LogP contribution >= 0.6 is 0 Å². The highest BCUT2D eigenvalue weighted by Gasteiger charge is 1.98. The second-order valence-electron chi connectivity index (χ2n) is 4.92. The lowest BCUT2D eigenvalue weighted by molar-refractivity contribution is 0.675. The third kappa shape index (κ3) is 3.93. The van der Waals surface area contributed by atoms with Crippen molar-refractivity contribution in [2.24, 2.45) is 0 Å². The molecule has 0 saturated heterocycles. The van der Waals surface area contributed by atoms with Gasteiger partial charge in [-0.1, -0.05) is 62.4 Å². The van der Waals surface area contributed by atoms with Crippen LogP contribution in [-0.4, -0.2) is 6.54 Å². The van der Waals surface area contributed by atoms with Gasteiger partial charge < -0.3 is 5.32 Å². The van der Waals surface area contributed by atoms with Crippen molar-refractivity contribution in [2.45, 2.75) is 33.2 Å². The molecule has 19 heavy (non-hydrogen) atoms. The second kappa shape index (κ2) is 7.10. The van der Waals surface area contributed by atoms with E-state index in [1.165, 1.54) is 28.7 Å². The van der Waals surface area contributed by atoms with E-state index in [2.05, 4.69) is 67.7 Å². The first-order chi connectivity index (χ1) is 9.33. The van der Waals surface area contributed by atoms with Gasteiger partial charge in [0.2, 0.25) is 0 Å². The average Bonchev–Trinajstić information content (AvgIpc) is 2.48. The normalized spacial score (nSPS) is 10.6. The minimum absolute atomic E-state index is 0.961. The Kier molecular flexibility index (Phi) is 5.17. The molecule has 1 N–H and O–H groups in total. The molecule has 1 nitrogen and oxygen atoms in total. The minimum Gasteiger partial charge on any atom is -0.313 e. The van der Waals surface area contributed by atoms with Gasteiger partial charge in [0.1, 0.15) is 0 Å². The van der Waals surface area contributed by atoms with Crippen LogP contribution in [0.4, 0.5) is 0 Å². The zero-order valence-corrected chi connectivity index (χ0v) is 11.9. The van der Waals surface area contributed by atoms with Crippen LogP contribution in [0, 0.1) is 0 Å². The molecule has 0 saturated carbocycles. The number of hydrogen-bond acceptors (Lipinski definition) is 1. The van der Waals surface area contributed by atoms with Crippen LogP contribution in [0.5, 0.6) is 0 Å². The molecule has 2 aromatic rings. The summed E-state index contributed by atoms with van der Waals surface area (Å²) in [6, 6.07) is 17.7. The van der Waals surface area contributed by atoms with Gasteiger partial charge in [-0.3, -0.25) is 0 Å². The SMILES string of the molecule is CCCNCc1ccc(-c2ccc(CC)cc2)cc1. The molecule has 100 valence electrons. The van der Waals surface area contributed by atoms with Crippen molar-refractivity contribution in [3.63, 3.8) is 0 Å². The van der Waals surface area contributed by atoms with Gasteiger partial charge in [0.15, 0.2) is 0 Å². The number of hydrogen-bond donors (Lipinski definition) is 1. The van der Waals surface area contributed by atoms with Crippen molar-refractivity contribution in [3.05, 3.63) is 59.7 Å². The molecule has 0 fully saturated rings. The molecule has 0 aliphatic heterocycles. The molecule has 2 rings (SSSR count). The number of rotatable bonds is 6. The summed E-state index contributed by atoms with van der Waals surface area (Å²) < 4.78 is 0. The van der Waals surface area contributed by atoms with Crippen molar-refractivity contribution in [2.75, 3.05) is 6.54 Å². The molecular formula is C18H23N. The molecule has 0 aliphatic rings. The van der Waals surface area contributed by atoms with Gasteiger partial charge in [-0.05, 0) is 41.6 Å². The van der Waals surface area contributed by atoms with E-state index < -0.39 is 0 Å². The molecule has 0 aromatic heterocycles. The fraction of sp³-hybridized carbons (Fsp3) is 0.333. The molecule has 0 radical (unpaired) electrons. The van der Waals surface area contributed by atoms with Gasteiger partial charge in [0.05, 0.1) is 0 Å². The van der Waals surface area contributed by atoms with Crippen molar-refractivity contribution in [1.29, 1.82) is 0 Å². The lowest BCUT2D eigenvalue weighted by Gasteiger charge is -2.06. The minimum atomic E-state index is 0.961. The highest BCUT2D eigenvalue weighted by atomic mass is 14.8. The van der Waals surface area contributed by atoms with E-state index >= 15 is 0 Å². The summed E-state index contributed by atoms with van der Waals surface area (Å²) in [5.41, 5.74) is 5.33. The molecule has 0 spiro atoms. The molecule has 0 amide bonds. The Bertz CT molecular complexity index is 482. The Balaban J connectivity index is 2.04. The van der Waals surface area contributed by atoms with E-state index in [-0.39, 0.29) is 0 Å². The van der Waals surface area contributed by atoms with Crippen LogP contribution in [0.25, 0.3) is 11.1 Å². The van der Waals surface area contributed by atoms with Crippen LogP contribution in [0.15, 0.2) is 48.5 Å². The van der Waals surface area contributed by atoms with Crippen molar-refractivity contribution >= 4 is 0 Å². The zero-order valence-electron chi connectivity index (χ0n) is 11.9. The molecule has 1 heteroatoms. The number of aryl methyl sites for hydroxylation is 1. The predicted octanol–water partition coefficient (Wildman–Crippen LogP) is 4.42. The fourth-order valence-electron chi connectivity index (χ4n) is 2.16. The second-order valence-corrected chi connectivity index (χ2v) is 4.92. The van der Waals surface area contributed by atoms with Crippen molar-refractivity contribution in [1.82, 2.24) is 5.32 Å². The van der Waals surface area contributed by atoms with E-state index in [0.717, 1.165) is 19.5 Å². The van der Waals surface area contributed by atoms with Gasteiger partial charge >= 0.3 is 0 Å². The first kappa shape index (κ1) is 13.8. The average molecular weight is 253 g/mol. The smallest absolute Gasteiger partial charge is 0.0205 e. The lowest BCUT2D eigenvalue weighted by atomic mass is 10.0. The van der Waals surface area contributed by atoms with Crippen molar-refractivity contribution in [3.8, 4) is 11.1 Å². The zero-order chi connectivity index (χ0) is 13.5.